The Bertz CT molecular complexity index is 830. The first-order chi connectivity index (χ1) is 17.2. The third kappa shape index (κ3) is 14.1. The van der Waals surface area contributed by atoms with Crippen molar-refractivity contribution in [1.82, 2.24) is 0 Å². The van der Waals surface area contributed by atoms with Crippen LogP contribution < -0.4 is 0 Å². The molecule has 192 valence electrons. The van der Waals surface area contributed by atoms with E-state index in [1.165, 1.54) is 114 Å². The van der Waals surface area contributed by atoms with Crippen LogP contribution in [0.3, 0.4) is 0 Å². The van der Waals surface area contributed by atoms with E-state index < -0.39 is 0 Å². The van der Waals surface area contributed by atoms with Crippen molar-refractivity contribution in [3.05, 3.63) is 76.9 Å². The minimum atomic E-state index is 0.0828. The molecule has 2 aromatic carbocycles. The first kappa shape index (κ1) is 29.1. The number of benzene rings is 2. The van der Waals surface area contributed by atoms with E-state index in [1.54, 1.807) is 6.08 Å². The summed E-state index contributed by atoms with van der Waals surface area (Å²) in [6.07, 6.45) is 27.0. The van der Waals surface area contributed by atoms with Crippen molar-refractivity contribution < 1.29 is 4.79 Å². The third-order valence-electron chi connectivity index (χ3n) is 7.04. The lowest BCUT2D eigenvalue weighted by Gasteiger charge is -2.05. The van der Waals surface area contributed by atoms with Gasteiger partial charge in [0, 0.05) is 5.56 Å². The normalized spacial score (nSPS) is 11.4. The van der Waals surface area contributed by atoms with E-state index in [4.69, 9.17) is 0 Å². The molecule has 0 aromatic heterocycles. The quantitative estimate of drug-likeness (QED) is 0.106. The summed E-state index contributed by atoms with van der Waals surface area (Å²) in [4.78, 5) is 12.6. The van der Waals surface area contributed by atoms with Gasteiger partial charge >= 0.3 is 0 Å². The van der Waals surface area contributed by atoms with E-state index in [0.717, 1.165) is 17.5 Å². The second-order valence-corrected chi connectivity index (χ2v) is 10.4. The Balaban J connectivity index is 1.48. The van der Waals surface area contributed by atoms with Crippen LogP contribution in [-0.2, 0) is 6.42 Å². The van der Waals surface area contributed by atoms with E-state index in [0.29, 0.717) is 0 Å². The molecule has 0 aliphatic carbocycles. The van der Waals surface area contributed by atoms with Gasteiger partial charge in [-0.3, -0.25) is 4.79 Å². The Morgan fingerprint density at radius 3 is 1.71 bits per heavy atom. The van der Waals surface area contributed by atoms with Gasteiger partial charge in [-0.1, -0.05) is 157 Å². The number of allylic oxidation sites excluding steroid dienone is 1. The molecule has 0 unspecified atom stereocenters. The largest absolute Gasteiger partial charge is 0.289 e. The molecule has 0 bridgehead atoms. The number of aryl methyl sites for hydroxylation is 2. The second kappa shape index (κ2) is 19.1. The zero-order valence-corrected chi connectivity index (χ0v) is 22.7. The highest BCUT2D eigenvalue weighted by molar-refractivity contribution is 6.06. The Kier molecular flexibility index (Phi) is 15.9. The molecule has 0 atom stereocenters. The molecule has 0 aliphatic heterocycles. The molecule has 0 amide bonds. The molecule has 0 saturated heterocycles. The van der Waals surface area contributed by atoms with Crippen LogP contribution in [-0.4, -0.2) is 5.78 Å². The highest BCUT2D eigenvalue weighted by Crippen LogP contribution is 2.16. The lowest BCUT2D eigenvalue weighted by atomic mass is 10.0. The minimum Gasteiger partial charge on any atom is -0.289 e. The van der Waals surface area contributed by atoms with Crippen LogP contribution >= 0.6 is 0 Å². The van der Waals surface area contributed by atoms with Gasteiger partial charge in [0.2, 0.25) is 0 Å². The first-order valence-corrected chi connectivity index (χ1v) is 14.6. The van der Waals surface area contributed by atoms with E-state index in [-0.39, 0.29) is 5.78 Å². The van der Waals surface area contributed by atoms with E-state index >= 15 is 0 Å². The average Bonchev–Trinajstić information content (AvgIpc) is 2.88. The molecule has 1 nitrogen and oxygen atoms in total. The number of carbonyl (C=O) groups is 1. The van der Waals surface area contributed by atoms with Crippen LogP contribution in [0, 0.1) is 6.92 Å². The molecule has 2 aromatic rings. The summed E-state index contributed by atoms with van der Waals surface area (Å²) >= 11 is 0. The Labute approximate surface area is 216 Å². The summed E-state index contributed by atoms with van der Waals surface area (Å²) in [7, 11) is 0. The first-order valence-electron chi connectivity index (χ1n) is 14.6. The van der Waals surface area contributed by atoms with Crippen molar-refractivity contribution in [2.24, 2.45) is 0 Å². The summed E-state index contributed by atoms with van der Waals surface area (Å²) in [6.45, 7) is 4.36. The molecule has 0 spiro atoms. The topological polar surface area (TPSA) is 17.1 Å². The predicted octanol–water partition coefficient (Wildman–Crippen LogP) is 10.7. The number of hydrogen-bond acceptors (Lipinski definition) is 1. The van der Waals surface area contributed by atoms with Crippen LogP contribution in [0.1, 0.15) is 137 Å². The maximum absolute atomic E-state index is 12.6. The zero-order chi connectivity index (χ0) is 25.0. The number of rotatable bonds is 20. The fourth-order valence-electron chi connectivity index (χ4n) is 4.70. The van der Waals surface area contributed by atoms with Gasteiger partial charge in [0.1, 0.15) is 0 Å². The van der Waals surface area contributed by atoms with E-state index in [1.807, 2.05) is 30.3 Å². The number of unbranched alkanes of at least 4 members (excludes halogenated alkanes) is 15. The van der Waals surface area contributed by atoms with Crippen molar-refractivity contribution in [3.8, 4) is 0 Å². The van der Waals surface area contributed by atoms with Crippen molar-refractivity contribution in [2.75, 3.05) is 0 Å². The van der Waals surface area contributed by atoms with Crippen LogP contribution in [0.5, 0.6) is 0 Å². The molecule has 1 heteroatoms. The van der Waals surface area contributed by atoms with Crippen LogP contribution in [0.2, 0.25) is 0 Å². The summed E-state index contributed by atoms with van der Waals surface area (Å²) in [5, 5.41) is 0. The summed E-state index contributed by atoms with van der Waals surface area (Å²) in [6, 6.07) is 16.4. The molecule has 0 fully saturated rings. The standard InChI is InChI=1S/C34H50O/c1-3-4-5-6-7-8-9-10-11-12-13-14-15-16-17-18-20-32-21-19-22-33(29-32)34(35)28-27-31-25-23-30(2)24-26-31/h19,21-29H,3-18,20H2,1-2H3. The van der Waals surface area contributed by atoms with Gasteiger partial charge in [0.05, 0.1) is 0 Å². The number of hydrogen-bond donors (Lipinski definition) is 0. The fourth-order valence-corrected chi connectivity index (χ4v) is 4.70. The van der Waals surface area contributed by atoms with Crippen molar-refractivity contribution >= 4 is 11.9 Å². The Morgan fingerprint density at radius 1 is 0.657 bits per heavy atom. The summed E-state index contributed by atoms with van der Waals surface area (Å²) in [5.74, 6) is 0.0828. The van der Waals surface area contributed by atoms with Gasteiger partial charge in [-0.15, -0.1) is 0 Å². The zero-order valence-electron chi connectivity index (χ0n) is 22.7. The highest BCUT2D eigenvalue weighted by atomic mass is 16.1. The SMILES string of the molecule is CCCCCCCCCCCCCCCCCCc1cccc(C(=O)C=Cc2ccc(C)cc2)c1. The van der Waals surface area contributed by atoms with Gasteiger partial charge in [-0.05, 0) is 43.0 Å². The molecule has 0 heterocycles. The molecule has 35 heavy (non-hydrogen) atoms. The fraction of sp³-hybridized carbons (Fsp3) is 0.559. The molecule has 0 radical (unpaired) electrons. The highest BCUT2D eigenvalue weighted by Gasteiger charge is 2.03. The minimum absolute atomic E-state index is 0.0828. The third-order valence-corrected chi connectivity index (χ3v) is 7.04. The summed E-state index contributed by atoms with van der Waals surface area (Å²) in [5.41, 5.74) is 4.37. The molecular formula is C34H50O. The van der Waals surface area contributed by atoms with Crippen molar-refractivity contribution in [2.45, 2.75) is 123 Å². The average molecular weight is 475 g/mol. The van der Waals surface area contributed by atoms with Gasteiger partial charge in [0.15, 0.2) is 5.78 Å². The molecule has 0 aliphatic rings. The number of ketones is 1. The van der Waals surface area contributed by atoms with Crippen molar-refractivity contribution in [3.63, 3.8) is 0 Å². The summed E-state index contributed by atoms with van der Waals surface area (Å²) < 4.78 is 0. The van der Waals surface area contributed by atoms with Crippen LogP contribution in [0.4, 0.5) is 0 Å². The maximum atomic E-state index is 12.6. The maximum Gasteiger partial charge on any atom is 0.185 e. The second-order valence-electron chi connectivity index (χ2n) is 10.4. The molecule has 0 N–H and O–H groups in total. The molecular weight excluding hydrogens is 424 g/mol. The van der Waals surface area contributed by atoms with E-state index in [2.05, 4.69) is 38.1 Å². The smallest absolute Gasteiger partial charge is 0.185 e. The number of carbonyl (C=O) groups excluding carboxylic acids is 1. The van der Waals surface area contributed by atoms with Gasteiger partial charge < -0.3 is 0 Å². The lowest BCUT2D eigenvalue weighted by Crippen LogP contribution is -1.96. The van der Waals surface area contributed by atoms with Crippen molar-refractivity contribution in [1.29, 1.82) is 0 Å². The Hall–Kier alpha value is -2.15. The van der Waals surface area contributed by atoms with Crippen LogP contribution in [0.25, 0.3) is 6.08 Å². The predicted molar refractivity (Wildman–Crippen MR) is 154 cm³/mol. The van der Waals surface area contributed by atoms with Crippen LogP contribution in [0.15, 0.2) is 54.6 Å². The van der Waals surface area contributed by atoms with Gasteiger partial charge in [-0.25, -0.2) is 0 Å². The monoisotopic (exact) mass is 474 g/mol. The molecule has 0 saturated carbocycles. The molecule has 2 rings (SSSR count). The van der Waals surface area contributed by atoms with Gasteiger partial charge in [-0.2, -0.15) is 0 Å². The van der Waals surface area contributed by atoms with Gasteiger partial charge in [0.25, 0.3) is 0 Å². The van der Waals surface area contributed by atoms with E-state index in [9.17, 15) is 4.79 Å². The Morgan fingerprint density at radius 2 is 1.17 bits per heavy atom. The lowest BCUT2D eigenvalue weighted by molar-refractivity contribution is 0.104.